The van der Waals surface area contributed by atoms with Gasteiger partial charge < -0.3 is 0 Å². The normalized spacial score (nSPS) is 12.8. The van der Waals surface area contributed by atoms with Crippen molar-refractivity contribution in [2.45, 2.75) is 37.8 Å². The molecule has 8 heteroatoms. The summed E-state index contributed by atoms with van der Waals surface area (Å²) in [6.07, 6.45) is 0.930. The van der Waals surface area contributed by atoms with Gasteiger partial charge in [-0.25, -0.2) is 13.1 Å². The quantitative estimate of drug-likeness (QED) is 0.382. The number of rotatable bonds is 7. The Balaban J connectivity index is 1.61. The minimum Gasteiger partial charge on any atom is -0.294 e. The Morgan fingerprint density at radius 3 is 2.47 bits per heavy atom. The molecule has 166 valence electrons. The molecule has 5 nitrogen and oxygen atoms in total. The predicted molar refractivity (Wildman–Crippen MR) is 131 cm³/mol. The summed E-state index contributed by atoms with van der Waals surface area (Å²) >= 11 is 7.27. The SMILES string of the molecule is CCc1ccc([C@H](C)NS(=O)(=O)c2ccc3c(c2)sc(=O)n3Cc2ccccc2Cl)cc1. The number of hydrogen-bond acceptors (Lipinski definition) is 4. The third kappa shape index (κ3) is 4.66. The van der Waals surface area contributed by atoms with Crippen molar-refractivity contribution in [2.75, 3.05) is 0 Å². The second kappa shape index (κ2) is 9.19. The Morgan fingerprint density at radius 1 is 1.06 bits per heavy atom. The van der Waals surface area contributed by atoms with Crippen LogP contribution >= 0.6 is 22.9 Å². The second-order valence-electron chi connectivity index (χ2n) is 7.61. The number of hydrogen-bond donors (Lipinski definition) is 1. The fraction of sp³-hybridized carbons (Fsp3) is 0.208. The molecule has 1 aromatic heterocycles. The molecule has 32 heavy (non-hydrogen) atoms. The van der Waals surface area contributed by atoms with Crippen LogP contribution in [0.4, 0.5) is 0 Å². The third-order valence-corrected chi connectivity index (χ3v) is 8.31. The first-order chi connectivity index (χ1) is 15.3. The summed E-state index contributed by atoms with van der Waals surface area (Å²) < 4.78 is 31.0. The van der Waals surface area contributed by atoms with Gasteiger partial charge in [-0.3, -0.25) is 9.36 Å². The second-order valence-corrected chi connectivity index (χ2v) is 10.7. The van der Waals surface area contributed by atoms with Crippen LogP contribution in [0, 0.1) is 0 Å². The topological polar surface area (TPSA) is 68.2 Å². The van der Waals surface area contributed by atoms with Gasteiger partial charge in [-0.15, -0.1) is 0 Å². The van der Waals surface area contributed by atoms with Crippen molar-refractivity contribution in [3.8, 4) is 0 Å². The third-order valence-electron chi connectivity index (χ3n) is 5.46. The zero-order chi connectivity index (χ0) is 22.9. The minimum atomic E-state index is -3.76. The summed E-state index contributed by atoms with van der Waals surface area (Å²) in [5.74, 6) is 0. The maximum atomic E-state index is 13.0. The largest absolute Gasteiger partial charge is 0.308 e. The van der Waals surface area contributed by atoms with Crippen molar-refractivity contribution in [2.24, 2.45) is 0 Å². The highest BCUT2D eigenvalue weighted by atomic mass is 35.5. The minimum absolute atomic E-state index is 0.133. The van der Waals surface area contributed by atoms with Crippen LogP contribution in [0.5, 0.6) is 0 Å². The van der Waals surface area contributed by atoms with E-state index in [0.717, 1.165) is 28.9 Å². The molecule has 0 aliphatic heterocycles. The van der Waals surface area contributed by atoms with Crippen molar-refractivity contribution in [1.82, 2.24) is 9.29 Å². The molecular formula is C24H23ClN2O3S2. The first kappa shape index (κ1) is 22.7. The van der Waals surface area contributed by atoms with E-state index in [1.165, 1.54) is 11.6 Å². The standard InChI is InChI=1S/C24H23ClN2O3S2/c1-3-17-8-10-18(11-9-17)16(2)26-32(29,30)20-12-13-22-23(14-20)31-24(28)27(22)15-19-6-4-5-7-21(19)25/h4-14,16,26H,3,15H2,1-2H3/t16-/m0/s1. The molecule has 1 N–H and O–H groups in total. The van der Waals surface area contributed by atoms with Crippen LogP contribution < -0.4 is 9.60 Å². The Hall–Kier alpha value is -2.45. The maximum Gasteiger partial charge on any atom is 0.308 e. The summed E-state index contributed by atoms with van der Waals surface area (Å²) in [6, 6.07) is 19.6. The summed E-state index contributed by atoms with van der Waals surface area (Å²) in [4.78, 5) is 12.6. The predicted octanol–water partition coefficient (Wildman–Crippen LogP) is 5.37. The summed E-state index contributed by atoms with van der Waals surface area (Å²) in [7, 11) is -3.76. The van der Waals surface area contributed by atoms with Crippen LogP contribution in [0.15, 0.2) is 76.4 Å². The molecule has 0 aliphatic carbocycles. The van der Waals surface area contributed by atoms with Gasteiger partial charge in [-0.05, 0) is 54.3 Å². The van der Waals surface area contributed by atoms with Gasteiger partial charge in [0, 0.05) is 11.1 Å². The first-order valence-electron chi connectivity index (χ1n) is 10.3. The zero-order valence-corrected chi connectivity index (χ0v) is 20.1. The number of thiazole rings is 1. The van der Waals surface area contributed by atoms with E-state index in [1.807, 2.05) is 49.4 Å². The monoisotopic (exact) mass is 486 g/mol. The van der Waals surface area contributed by atoms with Gasteiger partial charge in [0.05, 0.1) is 21.7 Å². The van der Waals surface area contributed by atoms with Crippen LogP contribution in [0.1, 0.15) is 36.6 Å². The van der Waals surface area contributed by atoms with E-state index in [4.69, 9.17) is 11.6 Å². The van der Waals surface area contributed by atoms with Crippen LogP contribution in [-0.4, -0.2) is 13.0 Å². The highest BCUT2D eigenvalue weighted by Gasteiger charge is 2.20. The lowest BCUT2D eigenvalue weighted by atomic mass is 10.1. The number of benzene rings is 3. The number of aromatic nitrogens is 1. The number of fused-ring (bicyclic) bond motifs is 1. The Kier molecular flexibility index (Phi) is 6.53. The molecule has 0 amide bonds. The zero-order valence-electron chi connectivity index (χ0n) is 17.7. The molecule has 3 aromatic carbocycles. The van der Waals surface area contributed by atoms with Crippen molar-refractivity contribution in [3.05, 3.63) is 98.1 Å². The lowest BCUT2D eigenvalue weighted by Gasteiger charge is -2.15. The molecule has 0 spiro atoms. The van der Waals surface area contributed by atoms with Gasteiger partial charge in [-0.2, -0.15) is 0 Å². The summed E-state index contributed by atoms with van der Waals surface area (Å²) in [5.41, 5.74) is 3.60. The highest BCUT2D eigenvalue weighted by molar-refractivity contribution is 7.89. The van der Waals surface area contributed by atoms with Crippen LogP contribution in [0.2, 0.25) is 5.02 Å². The smallest absolute Gasteiger partial charge is 0.294 e. The molecular weight excluding hydrogens is 464 g/mol. The lowest BCUT2D eigenvalue weighted by molar-refractivity contribution is 0.567. The highest BCUT2D eigenvalue weighted by Crippen LogP contribution is 2.25. The van der Waals surface area contributed by atoms with Crippen molar-refractivity contribution >= 4 is 43.2 Å². The number of halogens is 1. The fourth-order valence-corrected chi connectivity index (χ4v) is 6.03. The van der Waals surface area contributed by atoms with E-state index in [-0.39, 0.29) is 15.8 Å². The average molecular weight is 487 g/mol. The lowest BCUT2D eigenvalue weighted by Crippen LogP contribution is -2.26. The van der Waals surface area contributed by atoms with Gasteiger partial charge in [0.25, 0.3) is 0 Å². The maximum absolute atomic E-state index is 13.0. The summed E-state index contributed by atoms with van der Waals surface area (Å²) in [6.45, 7) is 4.22. The van der Waals surface area contributed by atoms with E-state index >= 15 is 0 Å². The molecule has 0 bridgehead atoms. The molecule has 0 aliphatic rings. The molecule has 0 unspecified atom stereocenters. The van der Waals surface area contributed by atoms with Gasteiger partial charge >= 0.3 is 4.87 Å². The van der Waals surface area contributed by atoms with Crippen LogP contribution in [0.25, 0.3) is 10.2 Å². The molecule has 0 fully saturated rings. The van der Waals surface area contributed by atoms with E-state index in [2.05, 4.69) is 11.6 Å². The molecule has 0 radical (unpaired) electrons. The van der Waals surface area contributed by atoms with Gasteiger partial charge in [0.1, 0.15) is 0 Å². The first-order valence-corrected chi connectivity index (χ1v) is 12.9. The van der Waals surface area contributed by atoms with E-state index < -0.39 is 10.0 Å². The number of nitrogens with one attached hydrogen (secondary N) is 1. The van der Waals surface area contributed by atoms with Gasteiger partial charge in [-0.1, -0.05) is 72.3 Å². The fourth-order valence-electron chi connectivity index (χ4n) is 3.57. The molecule has 0 saturated heterocycles. The van der Waals surface area contributed by atoms with Gasteiger partial charge in [0.15, 0.2) is 0 Å². The number of aryl methyl sites for hydroxylation is 1. The number of sulfonamides is 1. The van der Waals surface area contributed by atoms with Crippen molar-refractivity contribution < 1.29 is 8.42 Å². The molecule has 4 aromatic rings. The van der Waals surface area contributed by atoms with Gasteiger partial charge in [0.2, 0.25) is 10.0 Å². The van der Waals surface area contributed by atoms with E-state index in [1.54, 1.807) is 22.8 Å². The number of nitrogens with zero attached hydrogens (tertiary/aromatic N) is 1. The Bertz CT molecular complexity index is 1420. The summed E-state index contributed by atoms with van der Waals surface area (Å²) in [5, 5.41) is 0.586. The Morgan fingerprint density at radius 2 is 1.78 bits per heavy atom. The van der Waals surface area contributed by atoms with Crippen molar-refractivity contribution in [3.63, 3.8) is 0 Å². The Labute approximate surface area is 196 Å². The molecule has 1 heterocycles. The van der Waals surface area contributed by atoms with E-state index in [9.17, 15) is 13.2 Å². The van der Waals surface area contributed by atoms with Crippen LogP contribution in [-0.2, 0) is 23.0 Å². The average Bonchev–Trinajstić information content (AvgIpc) is 3.09. The molecule has 1 atom stereocenters. The molecule has 4 rings (SSSR count). The van der Waals surface area contributed by atoms with E-state index in [0.29, 0.717) is 21.8 Å². The van der Waals surface area contributed by atoms with Crippen LogP contribution in [0.3, 0.4) is 0 Å². The molecule has 0 saturated carbocycles. The van der Waals surface area contributed by atoms with Crippen molar-refractivity contribution in [1.29, 1.82) is 0 Å².